The highest BCUT2D eigenvalue weighted by atomic mass is 79.9. The molecule has 0 radical (unpaired) electrons. The maximum Gasteiger partial charge on any atom is 0.131 e. The van der Waals surface area contributed by atoms with E-state index in [1.54, 1.807) is 12.1 Å². The zero-order valence-electron chi connectivity index (χ0n) is 15.2. The number of likely N-dealkylation sites (tertiary alicyclic amines) is 1. The molecule has 0 aromatic heterocycles. The van der Waals surface area contributed by atoms with E-state index in [1.165, 1.54) is 24.0 Å². The first-order valence-electron chi connectivity index (χ1n) is 9.45. The van der Waals surface area contributed by atoms with Gasteiger partial charge in [-0.3, -0.25) is 4.90 Å². The minimum absolute atomic E-state index is 0.169. The number of aryl methyl sites for hydroxylation is 1. The fourth-order valence-electron chi connectivity index (χ4n) is 3.65. The Morgan fingerprint density at radius 2 is 1.77 bits per heavy atom. The second kappa shape index (κ2) is 9.63. The van der Waals surface area contributed by atoms with Crippen molar-refractivity contribution in [2.24, 2.45) is 0 Å². The summed E-state index contributed by atoms with van der Waals surface area (Å²) in [5.41, 5.74) is 2.18. The molecule has 3 rings (SSSR count). The highest BCUT2D eigenvalue weighted by Gasteiger charge is 2.38. The van der Waals surface area contributed by atoms with Crippen molar-refractivity contribution < 1.29 is 9.13 Å². The molecule has 1 heterocycles. The highest BCUT2D eigenvalue weighted by Crippen LogP contribution is 2.32. The number of nitrogens with zero attached hydrogens (tertiary/aromatic N) is 1. The van der Waals surface area contributed by atoms with Gasteiger partial charge in [-0.15, -0.1) is 0 Å². The van der Waals surface area contributed by atoms with Gasteiger partial charge in [-0.25, -0.2) is 4.39 Å². The molecule has 2 aromatic rings. The summed E-state index contributed by atoms with van der Waals surface area (Å²) < 4.78 is 19.5. The van der Waals surface area contributed by atoms with E-state index in [0.717, 1.165) is 37.7 Å². The molecule has 0 amide bonds. The molecule has 0 N–H and O–H groups in total. The molecule has 1 aliphatic rings. The molecule has 1 aliphatic heterocycles. The topological polar surface area (TPSA) is 12.5 Å². The van der Waals surface area contributed by atoms with Crippen LogP contribution in [-0.4, -0.2) is 29.0 Å². The summed E-state index contributed by atoms with van der Waals surface area (Å²) in [6, 6.07) is 17.2. The minimum Gasteiger partial charge on any atom is -0.355 e. The number of halogens is 2. The Labute approximate surface area is 164 Å². The van der Waals surface area contributed by atoms with E-state index >= 15 is 0 Å². The van der Waals surface area contributed by atoms with E-state index in [9.17, 15) is 4.39 Å². The van der Waals surface area contributed by atoms with Crippen LogP contribution in [0.1, 0.15) is 36.8 Å². The number of piperidine rings is 1. The molecule has 140 valence electrons. The Hall–Kier alpha value is -1.23. The third kappa shape index (κ3) is 5.15. The van der Waals surface area contributed by atoms with Crippen LogP contribution in [0.4, 0.5) is 4.39 Å². The monoisotopic (exact) mass is 419 g/mol. The van der Waals surface area contributed by atoms with Gasteiger partial charge in [-0.2, -0.15) is 0 Å². The molecule has 0 saturated carbocycles. The molecule has 1 saturated heterocycles. The van der Waals surface area contributed by atoms with E-state index < -0.39 is 0 Å². The minimum atomic E-state index is -0.225. The third-order valence-corrected chi connectivity index (χ3v) is 6.06. The summed E-state index contributed by atoms with van der Waals surface area (Å²) in [7, 11) is 0. The maximum atomic E-state index is 13.0. The van der Waals surface area contributed by atoms with Crippen LogP contribution in [0.15, 0.2) is 54.6 Å². The molecular formula is C22H27BrFNO. The quantitative estimate of drug-likeness (QED) is 0.519. The number of alkyl halides is 1. The summed E-state index contributed by atoms with van der Waals surface area (Å²) in [6.07, 6.45) is 5.50. The zero-order chi connectivity index (χ0) is 18.2. The predicted octanol–water partition coefficient (Wildman–Crippen LogP) is 5.55. The lowest BCUT2D eigenvalue weighted by Crippen LogP contribution is -2.55. The first-order chi connectivity index (χ1) is 12.7. The summed E-state index contributed by atoms with van der Waals surface area (Å²) in [4.78, 5) is 2.50. The van der Waals surface area contributed by atoms with Crippen molar-refractivity contribution in [3.63, 3.8) is 0 Å². The fourth-order valence-corrected chi connectivity index (χ4v) is 4.45. The summed E-state index contributed by atoms with van der Waals surface area (Å²) in [5.74, 6) is -0.169. The Kier molecular flexibility index (Phi) is 7.23. The average molecular weight is 420 g/mol. The molecule has 2 nitrogen and oxygen atoms in total. The third-order valence-electron chi connectivity index (χ3n) is 5.19. The van der Waals surface area contributed by atoms with Crippen molar-refractivity contribution in [1.82, 2.24) is 4.90 Å². The normalized spacial score (nSPS) is 21.0. The van der Waals surface area contributed by atoms with Gasteiger partial charge in [0.15, 0.2) is 0 Å². The lowest BCUT2D eigenvalue weighted by Gasteiger charge is -2.46. The molecule has 0 aliphatic carbocycles. The van der Waals surface area contributed by atoms with Gasteiger partial charge in [-0.05, 0) is 55.4 Å². The standard InChI is InChI=1S/C22H27BrFNO/c23-18-22(26-17-20-7-2-1-3-8-20)14-4-5-15-25(22)16-6-9-19-10-12-21(24)13-11-19/h1-3,7-8,10-13H,4-6,9,14-18H2. The van der Waals surface area contributed by atoms with Crippen molar-refractivity contribution in [2.75, 3.05) is 18.4 Å². The van der Waals surface area contributed by atoms with E-state index in [0.29, 0.717) is 6.61 Å². The van der Waals surface area contributed by atoms with Crippen LogP contribution in [0.5, 0.6) is 0 Å². The van der Waals surface area contributed by atoms with Crippen molar-refractivity contribution in [2.45, 2.75) is 44.4 Å². The molecular weight excluding hydrogens is 393 g/mol. The lowest BCUT2D eigenvalue weighted by molar-refractivity contribution is -0.166. The van der Waals surface area contributed by atoms with Gasteiger partial charge in [0, 0.05) is 18.4 Å². The van der Waals surface area contributed by atoms with Gasteiger partial charge in [0.25, 0.3) is 0 Å². The lowest BCUT2D eigenvalue weighted by atomic mass is 9.98. The maximum absolute atomic E-state index is 13.0. The van der Waals surface area contributed by atoms with Crippen molar-refractivity contribution >= 4 is 15.9 Å². The Morgan fingerprint density at radius 3 is 2.50 bits per heavy atom. The second-order valence-electron chi connectivity index (χ2n) is 7.03. The van der Waals surface area contributed by atoms with E-state index in [2.05, 4.69) is 45.1 Å². The highest BCUT2D eigenvalue weighted by molar-refractivity contribution is 9.09. The van der Waals surface area contributed by atoms with Crippen LogP contribution >= 0.6 is 15.9 Å². The van der Waals surface area contributed by atoms with Crippen LogP contribution in [-0.2, 0) is 17.8 Å². The van der Waals surface area contributed by atoms with E-state index in [-0.39, 0.29) is 11.5 Å². The predicted molar refractivity (Wildman–Crippen MR) is 108 cm³/mol. The number of ether oxygens (including phenoxy) is 1. The van der Waals surface area contributed by atoms with Gasteiger partial charge >= 0.3 is 0 Å². The fraction of sp³-hybridized carbons (Fsp3) is 0.455. The van der Waals surface area contributed by atoms with Crippen LogP contribution < -0.4 is 0 Å². The first-order valence-corrected chi connectivity index (χ1v) is 10.6. The Balaban J connectivity index is 1.58. The molecule has 26 heavy (non-hydrogen) atoms. The molecule has 4 heteroatoms. The van der Waals surface area contributed by atoms with E-state index in [4.69, 9.17) is 4.74 Å². The SMILES string of the molecule is Fc1ccc(CCCN2CCCCC2(CBr)OCc2ccccc2)cc1. The Bertz CT molecular complexity index is 664. The molecule has 0 bridgehead atoms. The molecule has 1 unspecified atom stereocenters. The summed E-state index contributed by atoms with van der Waals surface area (Å²) in [5, 5.41) is 0.823. The van der Waals surface area contributed by atoms with Crippen molar-refractivity contribution in [3.8, 4) is 0 Å². The molecule has 1 atom stereocenters. The molecule has 0 spiro atoms. The first kappa shape index (κ1) is 19.5. The number of hydrogen-bond donors (Lipinski definition) is 0. The average Bonchev–Trinajstić information content (AvgIpc) is 2.70. The largest absolute Gasteiger partial charge is 0.355 e. The van der Waals surface area contributed by atoms with E-state index in [1.807, 2.05) is 18.2 Å². The zero-order valence-corrected chi connectivity index (χ0v) is 16.8. The van der Waals surface area contributed by atoms with Gasteiger partial charge < -0.3 is 4.74 Å². The van der Waals surface area contributed by atoms with Crippen LogP contribution in [0.25, 0.3) is 0 Å². The van der Waals surface area contributed by atoms with Gasteiger partial charge in [0.1, 0.15) is 11.5 Å². The molecule has 1 fully saturated rings. The van der Waals surface area contributed by atoms with Crippen molar-refractivity contribution in [1.29, 1.82) is 0 Å². The van der Waals surface area contributed by atoms with Crippen LogP contribution in [0.3, 0.4) is 0 Å². The summed E-state index contributed by atoms with van der Waals surface area (Å²) in [6.45, 7) is 2.71. The second-order valence-corrected chi connectivity index (χ2v) is 7.59. The molecule has 2 aromatic carbocycles. The van der Waals surface area contributed by atoms with Crippen LogP contribution in [0.2, 0.25) is 0 Å². The summed E-state index contributed by atoms with van der Waals surface area (Å²) >= 11 is 3.72. The number of benzene rings is 2. The van der Waals surface area contributed by atoms with Gasteiger partial charge in [0.05, 0.1) is 6.61 Å². The van der Waals surface area contributed by atoms with Gasteiger partial charge in [0.2, 0.25) is 0 Å². The Morgan fingerprint density at radius 1 is 1.00 bits per heavy atom. The number of hydrogen-bond acceptors (Lipinski definition) is 2. The van der Waals surface area contributed by atoms with Crippen molar-refractivity contribution in [3.05, 3.63) is 71.5 Å². The smallest absolute Gasteiger partial charge is 0.131 e. The van der Waals surface area contributed by atoms with Gasteiger partial charge in [-0.1, -0.05) is 58.4 Å². The number of rotatable bonds is 8. The van der Waals surface area contributed by atoms with Crippen LogP contribution in [0, 0.1) is 5.82 Å².